The van der Waals surface area contributed by atoms with Crippen molar-refractivity contribution in [1.82, 2.24) is 0 Å². The number of hydrogen-bond donors (Lipinski definition) is 1. The molecule has 1 nitrogen and oxygen atoms in total. The lowest BCUT2D eigenvalue weighted by molar-refractivity contribution is 0.412. The Kier molecular flexibility index (Phi) is 6.15. The maximum atomic E-state index is 14.0. The highest BCUT2D eigenvalue weighted by Crippen LogP contribution is 2.42. The number of halogens is 1. The summed E-state index contributed by atoms with van der Waals surface area (Å²) in [7, 11) is 2.04. The molecule has 0 bridgehead atoms. The monoisotopic (exact) mass is 391 g/mol. The summed E-state index contributed by atoms with van der Waals surface area (Å²) < 4.78 is 14.0. The van der Waals surface area contributed by atoms with Gasteiger partial charge in [0.1, 0.15) is 13.7 Å². The quantitative estimate of drug-likeness (QED) is 0.717. The summed E-state index contributed by atoms with van der Waals surface area (Å²) in [4.78, 5) is 0. The molecule has 2 aliphatic rings. The van der Waals surface area contributed by atoms with Crippen molar-refractivity contribution < 1.29 is 4.39 Å². The van der Waals surface area contributed by atoms with Gasteiger partial charge in [0.15, 0.2) is 0 Å². The number of rotatable bonds is 6. The van der Waals surface area contributed by atoms with Gasteiger partial charge in [-0.1, -0.05) is 42.7 Å². The van der Waals surface area contributed by atoms with Crippen molar-refractivity contribution in [3.05, 3.63) is 64.5 Å². The molecular formula is C26H35BFN. The lowest BCUT2D eigenvalue weighted by Crippen LogP contribution is -2.35. The van der Waals surface area contributed by atoms with Crippen LogP contribution in [0.2, 0.25) is 0 Å². The highest BCUT2D eigenvalue weighted by molar-refractivity contribution is 6.32. The van der Waals surface area contributed by atoms with Gasteiger partial charge in [0.2, 0.25) is 0 Å². The Morgan fingerprint density at radius 3 is 2.79 bits per heavy atom. The third-order valence-corrected chi connectivity index (χ3v) is 7.64. The van der Waals surface area contributed by atoms with Crippen molar-refractivity contribution in [2.75, 3.05) is 0 Å². The van der Waals surface area contributed by atoms with Gasteiger partial charge in [-0.05, 0) is 104 Å². The molecule has 2 aromatic carbocycles. The van der Waals surface area contributed by atoms with Crippen LogP contribution in [0.15, 0.2) is 36.4 Å². The van der Waals surface area contributed by atoms with Crippen LogP contribution in [0.5, 0.6) is 0 Å². The molecule has 2 N–H and O–H groups in total. The first-order chi connectivity index (χ1) is 14.0. The summed E-state index contributed by atoms with van der Waals surface area (Å²) in [6, 6.07) is 12.7. The minimum Gasteiger partial charge on any atom is -0.325 e. The Balaban J connectivity index is 1.33. The molecule has 2 aliphatic carbocycles. The molecule has 2 aromatic rings. The summed E-state index contributed by atoms with van der Waals surface area (Å²) >= 11 is 0. The van der Waals surface area contributed by atoms with Crippen LogP contribution in [0.25, 0.3) is 0 Å². The minimum absolute atomic E-state index is 0.0476. The summed E-state index contributed by atoms with van der Waals surface area (Å²) in [6.07, 6.45) is 11.4. The summed E-state index contributed by atoms with van der Waals surface area (Å²) in [5.41, 5.74) is 13.2. The predicted octanol–water partition coefficient (Wildman–Crippen LogP) is 4.59. The molecule has 3 heteroatoms. The van der Waals surface area contributed by atoms with Crippen LogP contribution in [0.1, 0.15) is 80.0 Å². The lowest BCUT2D eigenvalue weighted by atomic mass is 9.79. The van der Waals surface area contributed by atoms with Crippen molar-refractivity contribution in [1.29, 1.82) is 0 Å². The summed E-state index contributed by atoms with van der Waals surface area (Å²) in [6.45, 7) is 2.22. The molecule has 3 atom stereocenters. The Morgan fingerprint density at radius 2 is 2.00 bits per heavy atom. The van der Waals surface area contributed by atoms with Crippen molar-refractivity contribution in [3.63, 3.8) is 0 Å². The van der Waals surface area contributed by atoms with Crippen LogP contribution in [0.3, 0.4) is 0 Å². The van der Waals surface area contributed by atoms with Crippen molar-refractivity contribution in [2.45, 2.75) is 82.6 Å². The average Bonchev–Trinajstić information content (AvgIpc) is 3.13. The fourth-order valence-corrected chi connectivity index (χ4v) is 5.59. The summed E-state index contributed by atoms with van der Waals surface area (Å²) in [5, 5.41) is 0. The second-order valence-electron chi connectivity index (χ2n) is 9.78. The van der Waals surface area contributed by atoms with E-state index in [-0.39, 0.29) is 11.4 Å². The normalized spacial score (nSPS) is 26.4. The molecule has 0 aliphatic heterocycles. The van der Waals surface area contributed by atoms with E-state index in [1.54, 1.807) is 17.2 Å². The molecule has 29 heavy (non-hydrogen) atoms. The Labute approximate surface area is 176 Å². The van der Waals surface area contributed by atoms with Gasteiger partial charge in [-0.15, -0.1) is 0 Å². The molecule has 4 rings (SSSR count). The number of aryl methyl sites for hydroxylation is 2. The maximum Gasteiger partial charge on any atom is 0.139 e. The molecule has 0 saturated heterocycles. The van der Waals surface area contributed by atoms with Gasteiger partial charge in [0.25, 0.3) is 0 Å². The summed E-state index contributed by atoms with van der Waals surface area (Å²) in [5.74, 6) is 1.34. The molecule has 0 spiro atoms. The first kappa shape index (κ1) is 20.7. The fraction of sp³-hybridized carbons (Fsp3) is 0.538. The largest absolute Gasteiger partial charge is 0.325 e. The van der Waals surface area contributed by atoms with Crippen molar-refractivity contribution in [2.24, 2.45) is 11.7 Å². The second-order valence-corrected chi connectivity index (χ2v) is 9.78. The molecule has 0 radical (unpaired) electrons. The molecule has 0 heterocycles. The SMILES string of the molecule is Bc1ccc(F)c(CCC[C@@H]2CCc3cc([C@@H]4CC[C@](N)(CC)C4)ccc3C2)c1. The van der Waals surface area contributed by atoms with E-state index >= 15 is 0 Å². The second kappa shape index (κ2) is 8.64. The van der Waals surface area contributed by atoms with Crippen LogP contribution in [-0.2, 0) is 19.3 Å². The highest BCUT2D eigenvalue weighted by atomic mass is 19.1. The molecule has 1 fully saturated rings. The van der Waals surface area contributed by atoms with E-state index in [9.17, 15) is 4.39 Å². The molecule has 0 amide bonds. The topological polar surface area (TPSA) is 26.0 Å². The van der Waals surface area contributed by atoms with Crippen LogP contribution in [-0.4, -0.2) is 13.4 Å². The highest BCUT2D eigenvalue weighted by Gasteiger charge is 2.35. The van der Waals surface area contributed by atoms with Gasteiger partial charge in [-0.25, -0.2) is 4.39 Å². The third kappa shape index (κ3) is 4.77. The zero-order valence-corrected chi connectivity index (χ0v) is 18.1. The first-order valence-electron chi connectivity index (χ1n) is 11.6. The van der Waals surface area contributed by atoms with E-state index in [0.29, 0.717) is 5.92 Å². The van der Waals surface area contributed by atoms with Crippen LogP contribution in [0, 0.1) is 11.7 Å². The standard InChI is InChI=1S/C26H35BFN/c1-2-26(29)13-12-23(17-26)21-9-8-19-14-18(6-7-20(19)15-21)4-3-5-22-16-24(27)10-11-25(22)28/h8-11,15-16,18,23H,2-7,12-14,17,27,29H2,1H3/t18-,23-,26-/m1/s1. The van der Waals surface area contributed by atoms with Gasteiger partial charge >= 0.3 is 0 Å². The molecule has 0 unspecified atom stereocenters. The average molecular weight is 391 g/mol. The number of benzene rings is 2. The van der Waals surface area contributed by atoms with E-state index in [2.05, 4.69) is 25.1 Å². The van der Waals surface area contributed by atoms with E-state index in [1.165, 1.54) is 37.7 Å². The first-order valence-corrected chi connectivity index (χ1v) is 11.6. The smallest absolute Gasteiger partial charge is 0.139 e. The Bertz CT molecular complexity index is 864. The van der Waals surface area contributed by atoms with Crippen LogP contribution in [0.4, 0.5) is 4.39 Å². The minimum atomic E-state index is -0.0476. The van der Waals surface area contributed by atoms with Gasteiger partial charge in [-0.2, -0.15) is 0 Å². The van der Waals surface area contributed by atoms with E-state index in [4.69, 9.17) is 5.73 Å². The zero-order valence-electron chi connectivity index (χ0n) is 18.1. The number of fused-ring (bicyclic) bond motifs is 1. The molecule has 154 valence electrons. The maximum absolute atomic E-state index is 14.0. The number of hydrogen-bond acceptors (Lipinski definition) is 1. The van der Waals surface area contributed by atoms with Gasteiger partial charge in [-0.3, -0.25) is 0 Å². The predicted molar refractivity (Wildman–Crippen MR) is 123 cm³/mol. The van der Waals surface area contributed by atoms with E-state index < -0.39 is 0 Å². The fourth-order valence-electron chi connectivity index (χ4n) is 5.59. The molecule has 1 saturated carbocycles. The molecule has 0 aromatic heterocycles. The van der Waals surface area contributed by atoms with Crippen LogP contribution < -0.4 is 11.2 Å². The Morgan fingerprint density at radius 1 is 1.14 bits per heavy atom. The molecular weight excluding hydrogens is 356 g/mol. The lowest BCUT2D eigenvalue weighted by Gasteiger charge is -2.26. The third-order valence-electron chi connectivity index (χ3n) is 7.64. The van der Waals surface area contributed by atoms with Gasteiger partial charge in [0.05, 0.1) is 0 Å². The van der Waals surface area contributed by atoms with Crippen molar-refractivity contribution >= 4 is 13.3 Å². The van der Waals surface area contributed by atoms with Gasteiger partial charge < -0.3 is 5.73 Å². The van der Waals surface area contributed by atoms with Crippen LogP contribution >= 0.6 is 0 Å². The van der Waals surface area contributed by atoms with Crippen molar-refractivity contribution in [3.8, 4) is 0 Å². The van der Waals surface area contributed by atoms with Gasteiger partial charge in [0, 0.05) is 5.54 Å². The zero-order chi connectivity index (χ0) is 20.4. The number of nitrogens with two attached hydrogens (primary N) is 1. The van der Waals surface area contributed by atoms with E-state index in [0.717, 1.165) is 49.0 Å². The Hall–Kier alpha value is -1.61. The van der Waals surface area contributed by atoms with E-state index in [1.807, 2.05) is 20.0 Å².